The number of carbonyl (C=O) groups excluding carboxylic acids is 3. The smallest absolute Gasteiger partial charge is 0.355 e. The SMILES string of the molecule is CCc1c2c(nc3ccc(O)cc13)-c1cc3c(c(=O)n1C2)COC(=O)C3(CC)OC(=O)C1CCN(C(=O)Cc2ccc(-n3c(-c4cc(C(C)C)c(O)cc4O)n[nH]c3=O)cc2)CC1. The number of amides is 1. The first-order valence-electron chi connectivity index (χ1n) is 21.2. The van der Waals surface area contributed by atoms with Crippen molar-refractivity contribution in [2.75, 3.05) is 13.1 Å². The van der Waals surface area contributed by atoms with Gasteiger partial charge in [-0.25, -0.2) is 24.2 Å². The van der Waals surface area contributed by atoms with Gasteiger partial charge in [-0.05, 0) is 90.8 Å². The summed E-state index contributed by atoms with van der Waals surface area (Å²) in [5.41, 5.74) is 3.35. The van der Waals surface area contributed by atoms with Crippen molar-refractivity contribution >= 4 is 28.7 Å². The number of aromatic nitrogens is 5. The van der Waals surface area contributed by atoms with Crippen molar-refractivity contribution in [3.05, 3.63) is 115 Å². The van der Waals surface area contributed by atoms with E-state index in [0.29, 0.717) is 53.0 Å². The Balaban J connectivity index is 0.894. The number of H-pyrrole nitrogens is 1. The van der Waals surface area contributed by atoms with Gasteiger partial charge in [-0.3, -0.25) is 14.4 Å². The van der Waals surface area contributed by atoms with E-state index in [1.807, 2.05) is 20.8 Å². The predicted octanol–water partition coefficient (Wildman–Crippen LogP) is 5.46. The number of nitrogens with zero attached hydrogens (tertiary/aromatic N) is 5. The number of hydrogen-bond acceptors (Lipinski definition) is 12. The number of ether oxygens (including phenoxy) is 2. The van der Waals surface area contributed by atoms with E-state index < -0.39 is 29.1 Å². The van der Waals surface area contributed by atoms with Gasteiger partial charge in [0.05, 0.1) is 52.6 Å². The maximum absolute atomic E-state index is 14.1. The minimum atomic E-state index is -1.86. The Labute approximate surface area is 360 Å². The number of likely N-dealkylation sites (tertiary alicyclic amines) is 1. The zero-order chi connectivity index (χ0) is 44.5. The molecule has 6 heterocycles. The standard InChI is InChI=1S/C47H46N6O10/c1-5-29-31-18-28(54)11-12-36(31)48-41-33(29)22-52-37(41)20-35-34(43(52)58)23-62-45(60)47(35,6-2)63-44(59)26-13-15-51(16-14-26)40(57)17-25-7-9-27(10-8-25)53-42(49-50-46(53)61)32-19-30(24(3)4)38(55)21-39(32)56/h7-12,18-21,24,26,54-56H,5-6,13-17,22-23H2,1-4H3,(H,50,61). The zero-order valence-electron chi connectivity index (χ0n) is 35.2. The van der Waals surface area contributed by atoms with Crippen molar-refractivity contribution in [2.24, 2.45) is 5.92 Å². The predicted molar refractivity (Wildman–Crippen MR) is 229 cm³/mol. The molecular formula is C47H46N6O10. The lowest BCUT2D eigenvalue weighted by molar-refractivity contribution is -0.192. The number of carbonyl (C=O) groups is 3. The van der Waals surface area contributed by atoms with Gasteiger partial charge in [0.1, 0.15) is 23.9 Å². The van der Waals surface area contributed by atoms with E-state index in [2.05, 4.69) is 10.2 Å². The van der Waals surface area contributed by atoms with Gasteiger partial charge in [-0.1, -0.05) is 39.8 Å². The molecule has 9 rings (SSSR count). The molecule has 1 amide bonds. The van der Waals surface area contributed by atoms with E-state index >= 15 is 0 Å². The second kappa shape index (κ2) is 15.6. The second-order valence-corrected chi connectivity index (χ2v) is 16.7. The first kappa shape index (κ1) is 41.1. The molecule has 0 aliphatic carbocycles. The van der Waals surface area contributed by atoms with Crippen molar-refractivity contribution in [3.63, 3.8) is 0 Å². The monoisotopic (exact) mass is 854 g/mol. The van der Waals surface area contributed by atoms with Crippen LogP contribution in [-0.2, 0) is 55.5 Å². The third-order valence-electron chi connectivity index (χ3n) is 12.8. The van der Waals surface area contributed by atoms with E-state index in [0.717, 1.165) is 16.5 Å². The van der Waals surface area contributed by atoms with Gasteiger partial charge in [-0.2, -0.15) is 5.10 Å². The number of aryl methyl sites for hydroxylation is 1. The lowest BCUT2D eigenvalue weighted by Gasteiger charge is -2.38. The van der Waals surface area contributed by atoms with Crippen LogP contribution >= 0.6 is 0 Å². The van der Waals surface area contributed by atoms with Crippen molar-refractivity contribution in [1.82, 2.24) is 29.2 Å². The number of phenols is 3. The summed E-state index contributed by atoms with van der Waals surface area (Å²) in [4.78, 5) is 74.8. The van der Waals surface area contributed by atoms with Crippen LogP contribution in [0.25, 0.3) is 39.4 Å². The van der Waals surface area contributed by atoms with Gasteiger partial charge >= 0.3 is 17.6 Å². The highest BCUT2D eigenvalue weighted by Gasteiger charge is 2.51. The molecule has 1 atom stereocenters. The number of phenolic OH excluding ortho intramolecular Hbond substituents is 3. The largest absolute Gasteiger partial charge is 0.508 e. The Morgan fingerprint density at radius 2 is 1.70 bits per heavy atom. The van der Waals surface area contributed by atoms with Crippen LogP contribution in [0.5, 0.6) is 17.2 Å². The van der Waals surface area contributed by atoms with Crippen molar-refractivity contribution in [3.8, 4) is 45.7 Å². The van der Waals surface area contributed by atoms with E-state index in [4.69, 9.17) is 14.5 Å². The fourth-order valence-corrected chi connectivity index (χ4v) is 9.33. The summed E-state index contributed by atoms with van der Waals surface area (Å²) in [6.07, 6.45) is 1.32. The summed E-state index contributed by atoms with van der Waals surface area (Å²) in [5, 5.41) is 38.6. The minimum Gasteiger partial charge on any atom is -0.508 e. The number of aromatic amines is 1. The molecule has 0 radical (unpaired) electrons. The molecule has 4 N–H and O–H groups in total. The van der Waals surface area contributed by atoms with Gasteiger partial charge in [0.2, 0.25) is 11.5 Å². The average molecular weight is 855 g/mol. The van der Waals surface area contributed by atoms with Crippen LogP contribution in [0.3, 0.4) is 0 Å². The van der Waals surface area contributed by atoms with Gasteiger partial charge in [0.15, 0.2) is 5.82 Å². The number of benzene rings is 3. The number of aromatic hydroxyl groups is 3. The number of nitrogens with one attached hydrogen (secondary N) is 1. The summed E-state index contributed by atoms with van der Waals surface area (Å²) in [6, 6.07) is 16.4. The van der Waals surface area contributed by atoms with Crippen LogP contribution in [0.1, 0.15) is 86.3 Å². The second-order valence-electron chi connectivity index (χ2n) is 16.7. The normalized spacial score (nSPS) is 17.1. The molecule has 0 saturated carbocycles. The summed E-state index contributed by atoms with van der Waals surface area (Å²) in [7, 11) is 0. The highest BCUT2D eigenvalue weighted by molar-refractivity contribution is 5.91. The van der Waals surface area contributed by atoms with Crippen LogP contribution < -0.4 is 11.2 Å². The molecule has 1 fully saturated rings. The molecule has 3 aromatic heterocycles. The fourth-order valence-electron chi connectivity index (χ4n) is 9.33. The van der Waals surface area contributed by atoms with Crippen molar-refractivity contribution in [2.45, 2.75) is 84.5 Å². The molecule has 0 bridgehead atoms. The molecule has 3 aromatic carbocycles. The summed E-state index contributed by atoms with van der Waals surface area (Å²) in [6.45, 7) is 8.06. The minimum absolute atomic E-state index is 0.0238. The Kier molecular flexibility index (Phi) is 10.2. The van der Waals surface area contributed by atoms with Crippen LogP contribution in [-0.4, -0.2) is 75.5 Å². The van der Waals surface area contributed by atoms with Crippen molar-refractivity contribution in [1.29, 1.82) is 0 Å². The topological polar surface area (TPSA) is 219 Å². The Bertz CT molecular complexity index is 2990. The quantitative estimate of drug-likeness (QED) is 0.133. The highest BCUT2D eigenvalue weighted by atomic mass is 16.6. The van der Waals surface area contributed by atoms with E-state index in [1.165, 1.54) is 10.6 Å². The van der Waals surface area contributed by atoms with Gasteiger partial charge in [0, 0.05) is 35.7 Å². The number of rotatable bonds is 9. The molecule has 16 nitrogen and oxygen atoms in total. The number of hydrogen-bond donors (Lipinski definition) is 4. The molecule has 6 aromatic rings. The lowest BCUT2D eigenvalue weighted by Crippen LogP contribution is -2.49. The molecule has 0 spiro atoms. The maximum atomic E-state index is 14.1. The van der Waals surface area contributed by atoms with E-state index in [-0.39, 0.29) is 96.2 Å². The number of pyridine rings is 2. The van der Waals surface area contributed by atoms with Crippen LogP contribution in [0, 0.1) is 5.92 Å². The third kappa shape index (κ3) is 6.80. The van der Waals surface area contributed by atoms with Crippen LogP contribution in [0.4, 0.5) is 0 Å². The maximum Gasteiger partial charge on any atom is 0.355 e. The highest BCUT2D eigenvalue weighted by Crippen LogP contribution is 2.43. The average Bonchev–Trinajstić information content (AvgIpc) is 3.84. The molecular weight excluding hydrogens is 809 g/mol. The molecule has 1 unspecified atom stereocenters. The molecule has 3 aliphatic heterocycles. The summed E-state index contributed by atoms with van der Waals surface area (Å²) < 4.78 is 14.6. The van der Waals surface area contributed by atoms with Gasteiger partial charge in [0.25, 0.3) is 5.56 Å². The number of esters is 2. The van der Waals surface area contributed by atoms with E-state index in [1.54, 1.807) is 71.0 Å². The fraction of sp³-hybridized carbons (Fsp3) is 0.340. The van der Waals surface area contributed by atoms with E-state index in [9.17, 15) is 39.3 Å². The Morgan fingerprint density at radius 1 is 0.952 bits per heavy atom. The van der Waals surface area contributed by atoms with Gasteiger partial charge < -0.3 is 34.3 Å². The van der Waals surface area contributed by atoms with Crippen LogP contribution in [0.15, 0.2) is 70.3 Å². The zero-order valence-corrected chi connectivity index (χ0v) is 35.2. The Morgan fingerprint density at radius 3 is 2.40 bits per heavy atom. The van der Waals surface area contributed by atoms with Gasteiger partial charge in [-0.15, -0.1) is 0 Å². The first-order valence-corrected chi connectivity index (χ1v) is 21.2. The number of piperidine rings is 1. The molecule has 324 valence electrons. The van der Waals surface area contributed by atoms with Crippen LogP contribution in [0.2, 0.25) is 0 Å². The first-order chi connectivity index (χ1) is 30.2. The lowest BCUT2D eigenvalue weighted by atomic mass is 9.85. The molecule has 16 heteroatoms. The number of fused-ring (bicyclic) bond motifs is 5. The Hall–Kier alpha value is -7.23. The summed E-state index contributed by atoms with van der Waals surface area (Å²) in [5.74, 6) is -2.23. The molecule has 63 heavy (non-hydrogen) atoms. The molecule has 3 aliphatic rings. The number of cyclic esters (lactones) is 1. The molecule has 1 saturated heterocycles. The van der Waals surface area contributed by atoms with Crippen molar-refractivity contribution < 1.29 is 39.2 Å². The third-order valence-corrected chi connectivity index (χ3v) is 12.8. The summed E-state index contributed by atoms with van der Waals surface area (Å²) >= 11 is 0.